The van der Waals surface area contributed by atoms with Crippen LogP contribution in [-0.2, 0) is 114 Å². The van der Waals surface area contributed by atoms with Crippen LogP contribution in [0.15, 0.2) is 0 Å². The van der Waals surface area contributed by atoms with E-state index in [9.17, 15) is 0 Å². The van der Waals surface area contributed by atoms with Crippen LogP contribution in [0.5, 0.6) is 0 Å². The molecule has 0 heterocycles. The molecule has 0 amide bonds. The third-order valence-corrected chi connectivity index (χ3v) is 0. The van der Waals surface area contributed by atoms with E-state index in [0.29, 0.717) is 0 Å². The molecular weight excluding hydrogens is 681 g/mol. The molecule has 0 atom stereocenters. The van der Waals surface area contributed by atoms with Gasteiger partial charge in [-0.25, -0.2) is 0 Å². The van der Waals surface area contributed by atoms with Gasteiger partial charge in [0.25, 0.3) is 0 Å². The van der Waals surface area contributed by atoms with Gasteiger partial charge in [0.2, 0.25) is 0 Å². The van der Waals surface area contributed by atoms with Crippen molar-refractivity contribution < 1.29 is 143 Å². The summed E-state index contributed by atoms with van der Waals surface area (Å²) in [5, 5.41) is 0. The molecule has 0 bridgehead atoms. The monoisotopic (exact) mass is 684 g/mol. The van der Waals surface area contributed by atoms with Gasteiger partial charge in [0.05, 0.1) is 0 Å². The molecule has 0 fully saturated rings. The van der Waals surface area contributed by atoms with Crippen molar-refractivity contribution in [3.8, 4) is 0 Å². The van der Waals surface area contributed by atoms with Crippen LogP contribution in [0, 0.1) is 0 Å². The minimum Gasteiger partial charge on any atom is 4.00 e. The molecule has 12 nitrogen and oxygen atoms in total. The van der Waals surface area contributed by atoms with E-state index in [1.807, 2.05) is 0 Å². The Balaban J connectivity index is -0.0000000257. The van der Waals surface area contributed by atoms with Gasteiger partial charge in [0.1, 0.15) is 0 Å². The molecule has 0 spiro atoms. The normalized spacial score (nSPS) is 5.78. The summed E-state index contributed by atoms with van der Waals surface area (Å²) in [4.78, 5) is 0. The van der Waals surface area contributed by atoms with E-state index in [-0.39, 0.29) is 49.8 Å². The van der Waals surface area contributed by atoms with Gasteiger partial charge in [-0.2, -0.15) is 0 Å². The maximum absolute atomic E-state index is 8.58. The van der Waals surface area contributed by atoms with E-state index in [4.69, 9.17) is 42.8 Å². The number of hydrogen-bond donors (Lipinski definition) is 0. The second kappa shape index (κ2) is 32.4. The van der Waals surface area contributed by atoms with Crippen molar-refractivity contribution in [1.82, 2.24) is 0 Å². The van der Waals surface area contributed by atoms with Crippen LogP contribution in [0.1, 0.15) is 0 Å². The fourth-order valence-corrected chi connectivity index (χ4v) is 0. The molecule has 0 rings (SSSR count). The topological polar surface area (TPSA) is 253 Å². The first kappa shape index (κ1) is 37.6. The smallest absolute Gasteiger partial charge is 4.00 e. The fraction of sp³-hybridized carbons (Fsp3) is 0. The molecule has 18 heteroatoms. The zero-order valence-electron chi connectivity index (χ0n) is 7.90. The zero-order valence-corrected chi connectivity index (χ0v) is 20.6. The quantitative estimate of drug-likeness (QED) is 0.216. The Morgan fingerprint density at radius 1 is 0.444 bits per heavy atom. The summed E-state index contributed by atoms with van der Waals surface area (Å²) >= 11 is -16.3. The van der Waals surface area contributed by atoms with Gasteiger partial charge in [-0.15, -0.1) is 0 Å². The molecule has 0 aromatic carbocycles. The first-order valence-electron chi connectivity index (χ1n) is 2.45. The molecule has 96 valence electrons. The Morgan fingerprint density at radius 2 is 0.444 bits per heavy atom. The molecule has 18 heavy (non-hydrogen) atoms. The first-order chi connectivity index (χ1) is 6.93. The maximum atomic E-state index is 8.58. The average Bonchev–Trinajstić information content (AvgIpc) is 1.76. The molecule has 0 aromatic rings. The van der Waals surface area contributed by atoms with Crippen LogP contribution in [-0.4, -0.2) is 23.9 Å². The summed E-state index contributed by atoms with van der Waals surface area (Å²) in [6.07, 6.45) is 0. The van der Waals surface area contributed by atoms with Crippen molar-refractivity contribution >= 4 is 23.9 Å². The third kappa shape index (κ3) is 567. The van der Waals surface area contributed by atoms with Crippen LogP contribution in [0.25, 0.3) is 0 Å². The average molecular weight is 681 g/mol. The summed E-state index contributed by atoms with van der Waals surface area (Å²) in [5.74, 6) is 0. The fourth-order valence-electron chi connectivity index (χ4n) is 0. The first-order valence-corrected chi connectivity index (χ1v) is 10.1. The minimum absolute atomic E-state index is 0. The van der Waals surface area contributed by atoms with E-state index < -0.39 is 74.5 Å². The molecule has 0 radical (unpaired) electrons. The predicted molar refractivity (Wildman–Crippen MR) is 8.50 cm³/mol. The second-order valence-electron chi connectivity index (χ2n) is 1.00. The van der Waals surface area contributed by atoms with Gasteiger partial charge in [0.15, 0.2) is 0 Å². The van der Waals surface area contributed by atoms with Crippen LogP contribution in [0.2, 0.25) is 0 Å². The Bertz CT molecular complexity index is 164. The molecule has 0 aliphatic heterocycles. The Labute approximate surface area is 164 Å². The standard InChI is InChI=1S/Hf.12O.Sn.4Ti/q+4;;;;;8*-1;+4;;;;. The summed E-state index contributed by atoms with van der Waals surface area (Å²) in [6, 6.07) is 0. The second-order valence-corrected chi connectivity index (χ2v) is 4.12. The van der Waals surface area contributed by atoms with Crippen molar-refractivity contribution in [1.29, 1.82) is 0 Å². The number of rotatable bonds is 0. The van der Waals surface area contributed by atoms with E-state index in [1.165, 1.54) is 0 Å². The van der Waals surface area contributed by atoms with Crippen molar-refractivity contribution in [3.63, 3.8) is 0 Å². The van der Waals surface area contributed by atoms with E-state index in [2.05, 4.69) is 0 Å². The molecule has 0 N–H and O–H groups in total. The van der Waals surface area contributed by atoms with E-state index >= 15 is 0 Å². The van der Waals surface area contributed by atoms with Crippen molar-refractivity contribution in [3.05, 3.63) is 0 Å². The minimum atomic E-state index is -4.08. The van der Waals surface area contributed by atoms with E-state index in [1.54, 1.807) is 0 Å². The maximum Gasteiger partial charge on any atom is 4.00 e. The Kier molecular flexibility index (Phi) is 67.6. The van der Waals surface area contributed by atoms with Gasteiger partial charge < -0.3 is 0 Å². The summed E-state index contributed by atoms with van der Waals surface area (Å²) < 4.78 is 103. The summed E-state index contributed by atoms with van der Waals surface area (Å²) in [5.41, 5.74) is 0. The molecule has 0 aliphatic carbocycles. The predicted octanol–water partition coefficient (Wildman–Crippen LogP) is -10.4. The molecular formula is HfO12SnTi4. The largest absolute Gasteiger partial charge is 4.00 e. The molecule has 0 unspecified atom stereocenters. The van der Waals surface area contributed by atoms with Gasteiger partial charge in [-0.1, -0.05) is 0 Å². The van der Waals surface area contributed by atoms with Crippen molar-refractivity contribution in [2.24, 2.45) is 0 Å². The van der Waals surface area contributed by atoms with Crippen molar-refractivity contribution in [2.75, 3.05) is 0 Å². The molecule has 0 saturated carbocycles. The Morgan fingerprint density at radius 3 is 0.444 bits per heavy atom. The van der Waals surface area contributed by atoms with Crippen molar-refractivity contribution in [2.45, 2.75) is 0 Å². The van der Waals surface area contributed by atoms with E-state index in [0.717, 1.165) is 0 Å². The Hall–Kier alpha value is 3.41. The summed E-state index contributed by atoms with van der Waals surface area (Å²) in [7, 11) is 0. The van der Waals surface area contributed by atoms with Crippen LogP contribution in [0.3, 0.4) is 0 Å². The van der Waals surface area contributed by atoms with Gasteiger partial charge in [-0.05, 0) is 0 Å². The van der Waals surface area contributed by atoms with Crippen LogP contribution < -0.4 is 29.5 Å². The van der Waals surface area contributed by atoms with Crippen LogP contribution >= 0.6 is 0 Å². The van der Waals surface area contributed by atoms with Gasteiger partial charge >= 0.3 is 167 Å². The third-order valence-electron chi connectivity index (χ3n) is 0. The molecule has 0 aliphatic rings. The SMILES string of the molecule is [Hf+4].[O]=[Ti]([O-])[O-].[O]=[Ti]([O-])[O-].[O]=[Ti]([O-])[O-].[O]=[Ti]([O-])[O-].[Sn+4]. The molecule has 0 saturated heterocycles. The molecule has 0 aromatic heterocycles. The summed E-state index contributed by atoms with van der Waals surface area (Å²) in [6.45, 7) is 0. The van der Waals surface area contributed by atoms with Gasteiger partial charge in [-0.3, -0.25) is 0 Å². The zero-order chi connectivity index (χ0) is 14.3. The van der Waals surface area contributed by atoms with Crippen LogP contribution in [0.4, 0.5) is 0 Å². The van der Waals surface area contributed by atoms with Gasteiger partial charge in [0, 0.05) is 0 Å². The number of hydrogen-bond acceptors (Lipinski definition) is 12.